The van der Waals surface area contributed by atoms with Crippen molar-refractivity contribution in [3.63, 3.8) is 0 Å². The minimum absolute atomic E-state index is 0.00451. The van der Waals surface area contributed by atoms with E-state index >= 15 is 0 Å². The van der Waals surface area contributed by atoms with Crippen LogP contribution < -0.4 is 4.74 Å². The second-order valence-corrected chi connectivity index (χ2v) is 4.89. The van der Waals surface area contributed by atoms with Crippen LogP contribution in [0.25, 0.3) is 0 Å². The van der Waals surface area contributed by atoms with Crippen LogP contribution in [0.5, 0.6) is 11.6 Å². The van der Waals surface area contributed by atoms with Crippen LogP contribution in [0.1, 0.15) is 0 Å². The summed E-state index contributed by atoms with van der Waals surface area (Å²) in [6.45, 7) is 0. The molecule has 0 N–H and O–H groups in total. The lowest BCUT2D eigenvalue weighted by Gasteiger charge is -2.07. The van der Waals surface area contributed by atoms with Crippen molar-refractivity contribution < 1.29 is 9.66 Å². The largest absolute Gasteiger partial charge is 0.430 e. The van der Waals surface area contributed by atoms with E-state index in [-0.39, 0.29) is 27.6 Å². The maximum atomic E-state index is 10.9. The van der Waals surface area contributed by atoms with E-state index in [0.29, 0.717) is 4.47 Å². The van der Waals surface area contributed by atoms with Gasteiger partial charge in [0.2, 0.25) is 16.9 Å². The third-order valence-corrected chi connectivity index (χ3v) is 2.97. The Morgan fingerprint density at radius 1 is 1.37 bits per heavy atom. The van der Waals surface area contributed by atoms with Crippen LogP contribution in [0.15, 0.2) is 28.9 Å². The Labute approximate surface area is 125 Å². The van der Waals surface area contributed by atoms with E-state index in [4.69, 9.17) is 27.9 Å². The predicted molar refractivity (Wildman–Crippen MR) is 72.9 cm³/mol. The molecule has 98 valence electrons. The molecule has 0 saturated carbocycles. The molecule has 6 nitrogen and oxygen atoms in total. The fourth-order valence-electron chi connectivity index (χ4n) is 1.23. The van der Waals surface area contributed by atoms with Crippen molar-refractivity contribution in [2.24, 2.45) is 0 Å². The zero-order chi connectivity index (χ0) is 14.0. The number of aromatic nitrogens is 2. The van der Waals surface area contributed by atoms with E-state index in [2.05, 4.69) is 25.9 Å². The molecule has 1 aromatic carbocycles. The summed E-state index contributed by atoms with van der Waals surface area (Å²) in [6, 6.07) is 4.04. The van der Waals surface area contributed by atoms with E-state index in [1.165, 1.54) is 24.4 Å². The lowest BCUT2D eigenvalue weighted by atomic mass is 10.3. The standard InChI is InChI=1S/C10H4BrCl2N3O3/c11-6-4-14-10(13)15-9(6)19-8-2-1-5(12)3-7(8)16(17)18/h1-4H. The van der Waals surface area contributed by atoms with Gasteiger partial charge in [-0.15, -0.1) is 0 Å². The predicted octanol–water partition coefficient (Wildman–Crippen LogP) is 4.25. The number of ether oxygens (including phenoxy) is 1. The Hall–Kier alpha value is -1.44. The van der Waals surface area contributed by atoms with Crippen LogP contribution >= 0.6 is 39.1 Å². The van der Waals surface area contributed by atoms with Gasteiger partial charge >= 0.3 is 5.69 Å². The highest BCUT2D eigenvalue weighted by Gasteiger charge is 2.18. The number of hydrogen-bond acceptors (Lipinski definition) is 5. The molecule has 9 heteroatoms. The van der Waals surface area contributed by atoms with Crippen LogP contribution in [-0.4, -0.2) is 14.9 Å². The normalized spacial score (nSPS) is 10.3. The summed E-state index contributed by atoms with van der Waals surface area (Å²) >= 11 is 14.5. The minimum Gasteiger partial charge on any atom is -0.430 e. The molecule has 19 heavy (non-hydrogen) atoms. The third kappa shape index (κ3) is 3.31. The highest BCUT2D eigenvalue weighted by atomic mass is 79.9. The second kappa shape index (κ2) is 5.68. The fraction of sp³-hybridized carbons (Fsp3) is 0. The van der Waals surface area contributed by atoms with E-state index in [0.717, 1.165) is 0 Å². The average Bonchev–Trinajstić information content (AvgIpc) is 2.35. The van der Waals surface area contributed by atoms with Crippen molar-refractivity contribution in [3.8, 4) is 11.6 Å². The SMILES string of the molecule is O=[N+]([O-])c1cc(Cl)ccc1Oc1nc(Cl)ncc1Br. The van der Waals surface area contributed by atoms with Gasteiger partial charge in [0.1, 0.15) is 0 Å². The number of rotatable bonds is 3. The molecular formula is C10H4BrCl2N3O3. The molecule has 0 aliphatic heterocycles. The monoisotopic (exact) mass is 363 g/mol. The fourth-order valence-corrected chi connectivity index (χ4v) is 1.79. The van der Waals surface area contributed by atoms with Gasteiger partial charge in [-0.2, -0.15) is 4.98 Å². The zero-order valence-electron chi connectivity index (χ0n) is 9.01. The first-order chi connectivity index (χ1) is 8.97. The highest BCUT2D eigenvalue weighted by molar-refractivity contribution is 9.10. The van der Waals surface area contributed by atoms with Crippen LogP contribution in [0.3, 0.4) is 0 Å². The van der Waals surface area contributed by atoms with Gasteiger partial charge in [0.15, 0.2) is 0 Å². The highest BCUT2D eigenvalue weighted by Crippen LogP contribution is 2.35. The molecule has 2 aromatic rings. The topological polar surface area (TPSA) is 78.2 Å². The number of nitro groups is 1. The van der Waals surface area contributed by atoms with Gasteiger partial charge in [0.05, 0.1) is 9.40 Å². The second-order valence-electron chi connectivity index (χ2n) is 3.26. The van der Waals surface area contributed by atoms with Gasteiger partial charge in [0, 0.05) is 17.3 Å². The first-order valence-electron chi connectivity index (χ1n) is 4.77. The number of nitro benzene ring substituents is 1. The summed E-state index contributed by atoms with van der Waals surface area (Å²) in [5.41, 5.74) is -0.269. The number of halogens is 3. The molecule has 0 spiro atoms. The molecule has 0 atom stereocenters. The molecule has 0 aliphatic rings. The molecular weight excluding hydrogens is 361 g/mol. The molecule has 0 radical (unpaired) electrons. The summed E-state index contributed by atoms with van der Waals surface area (Å²) in [6.07, 6.45) is 1.38. The van der Waals surface area contributed by atoms with Crippen molar-refractivity contribution in [1.82, 2.24) is 9.97 Å². The molecule has 0 saturated heterocycles. The minimum atomic E-state index is -0.599. The van der Waals surface area contributed by atoms with Gasteiger partial charge < -0.3 is 4.74 Å². The lowest BCUT2D eigenvalue weighted by Crippen LogP contribution is -1.96. The summed E-state index contributed by atoms with van der Waals surface area (Å²) in [5, 5.41) is 11.1. The first kappa shape index (κ1) is 14.0. The molecule has 0 fully saturated rings. The van der Waals surface area contributed by atoms with E-state index in [9.17, 15) is 10.1 Å². The van der Waals surface area contributed by atoms with Crippen molar-refractivity contribution >= 4 is 44.8 Å². The van der Waals surface area contributed by atoms with Gasteiger partial charge in [0.25, 0.3) is 0 Å². The molecule has 0 aliphatic carbocycles. The molecule has 0 amide bonds. The Morgan fingerprint density at radius 3 is 2.79 bits per heavy atom. The van der Waals surface area contributed by atoms with Crippen LogP contribution in [-0.2, 0) is 0 Å². The smallest absolute Gasteiger partial charge is 0.313 e. The Morgan fingerprint density at radius 2 is 2.11 bits per heavy atom. The summed E-state index contributed by atoms with van der Waals surface area (Å²) < 4.78 is 5.77. The molecule has 2 rings (SSSR count). The third-order valence-electron chi connectivity index (χ3n) is 2.01. The number of hydrogen-bond donors (Lipinski definition) is 0. The van der Waals surface area contributed by atoms with E-state index in [1.807, 2.05) is 0 Å². The van der Waals surface area contributed by atoms with Gasteiger partial charge in [-0.05, 0) is 39.7 Å². The Balaban J connectivity index is 2.43. The molecule has 1 aromatic heterocycles. The van der Waals surface area contributed by atoms with Gasteiger partial charge in [-0.1, -0.05) is 11.6 Å². The Kier molecular flexibility index (Phi) is 4.18. The van der Waals surface area contributed by atoms with Crippen molar-refractivity contribution in [3.05, 3.63) is 49.3 Å². The lowest BCUT2D eigenvalue weighted by molar-refractivity contribution is -0.385. The molecule has 0 bridgehead atoms. The molecule has 0 unspecified atom stereocenters. The van der Waals surface area contributed by atoms with Crippen molar-refractivity contribution in [1.29, 1.82) is 0 Å². The number of nitrogens with zero attached hydrogens (tertiary/aromatic N) is 3. The maximum absolute atomic E-state index is 10.9. The quantitative estimate of drug-likeness (QED) is 0.462. The summed E-state index contributed by atoms with van der Waals surface area (Å²) in [5.74, 6) is 0.0790. The van der Waals surface area contributed by atoms with Gasteiger partial charge in [-0.3, -0.25) is 10.1 Å². The first-order valence-corrected chi connectivity index (χ1v) is 6.32. The number of benzene rings is 1. The van der Waals surface area contributed by atoms with E-state index in [1.54, 1.807) is 0 Å². The van der Waals surface area contributed by atoms with E-state index < -0.39 is 4.92 Å². The summed E-state index contributed by atoms with van der Waals surface area (Å²) in [4.78, 5) is 17.9. The van der Waals surface area contributed by atoms with Crippen molar-refractivity contribution in [2.75, 3.05) is 0 Å². The van der Waals surface area contributed by atoms with Gasteiger partial charge in [-0.25, -0.2) is 4.98 Å². The zero-order valence-corrected chi connectivity index (χ0v) is 12.1. The maximum Gasteiger partial charge on any atom is 0.313 e. The van der Waals surface area contributed by atoms with Crippen molar-refractivity contribution in [2.45, 2.75) is 0 Å². The molecule has 1 heterocycles. The van der Waals surface area contributed by atoms with Crippen LogP contribution in [0.2, 0.25) is 10.3 Å². The van der Waals surface area contributed by atoms with Crippen LogP contribution in [0.4, 0.5) is 5.69 Å². The van der Waals surface area contributed by atoms with Crippen LogP contribution in [0, 0.1) is 10.1 Å². The summed E-state index contributed by atoms with van der Waals surface area (Å²) in [7, 11) is 0. The average molecular weight is 365 g/mol. The Bertz CT molecular complexity index is 654.